The van der Waals surface area contributed by atoms with Gasteiger partial charge in [0, 0.05) is 6.54 Å². The van der Waals surface area contributed by atoms with Crippen LogP contribution in [0.15, 0.2) is 47.4 Å². The molecule has 0 aliphatic rings. The molecule has 0 heterocycles. The lowest BCUT2D eigenvalue weighted by atomic mass is 10.2. The maximum atomic E-state index is 12.6. The van der Waals surface area contributed by atoms with Crippen molar-refractivity contribution in [1.82, 2.24) is 5.32 Å². The van der Waals surface area contributed by atoms with Crippen molar-refractivity contribution < 1.29 is 8.42 Å². The summed E-state index contributed by atoms with van der Waals surface area (Å²) in [4.78, 5) is 0.247. The topological polar surface area (TPSA) is 58.2 Å². The van der Waals surface area contributed by atoms with Gasteiger partial charge < -0.3 is 5.32 Å². The number of aryl methyl sites for hydroxylation is 1. The number of halogens is 1. The van der Waals surface area contributed by atoms with Crippen LogP contribution in [0.4, 0.5) is 5.69 Å². The molecule has 0 saturated carbocycles. The zero-order valence-corrected chi connectivity index (χ0v) is 13.4. The minimum atomic E-state index is -3.68. The van der Waals surface area contributed by atoms with E-state index in [1.54, 1.807) is 37.4 Å². The number of sulfonamides is 1. The minimum absolute atomic E-state index is 0.247. The van der Waals surface area contributed by atoms with Crippen molar-refractivity contribution in [3.63, 3.8) is 0 Å². The van der Waals surface area contributed by atoms with E-state index in [9.17, 15) is 8.42 Å². The number of rotatable bonds is 5. The normalized spacial score (nSPS) is 11.4. The quantitative estimate of drug-likeness (QED) is 0.888. The van der Waals surface area contributed by atoms with Crippen LogP contribution in [-0.2, 0) is 16.6 Å². The fraction of sp³-hybridized carbons (Fsp3) is 0.200. The molecule has 0 fully saturated rings. The van der Waals surface area contributed by atoms with E-state index in [4.69, 9.17) is 11.6 Å². The molecule has 0 radical (unpaired) electrons. The third-order valence-electron chi connectivity index (χ3n) is 3.00. The third-order valence-corrected chi connectivity index (χ3v) is 4.79. The molecule has 0 aliphatic carbocycles. The highest BCUT2D eigenvalue weighted by Crippen LogP contribution is 2.26. The molecular formula is C15H17ClN2O2S. The van der Waals surface area contributed by atoms with E-state index in [0.717, 1.165) is 5.56 Å². The lowest BCUT2D eigenvalue weighted by Crippen LogP contribution is -2.17. The molecule has 2 aromatic carbocycles. The Morgan fingerprint density at radius 3 is 2.57 bits per heavy atom. The number of anilines is 1. The largest absolute Gasteiger partial charge is 0.316 e. The van der Waals surface area contributed by atoms with Gasteiger partial charge in [0.1, 0.15) is 0 Å². The predicted octanol–water partition coefficient (Wildman–Crippen LogP) is 3.17. The van der Waals surface area contributed by atoms with Gasteiger partial charge in [0.2, 0.25) is 0 Å². The Morgan fingerprint density at radius 1 is 1.14 bits per heavy atom. The fourth-order valence-corrected chi connectivity index (χ4v) is 3.55. The second kappa shape index (κ2) is 6.47. The summed E-state index contributed by atoms with van der Waals surface area (Å²) in [5.74, 6) is 0. The van der Waals surface area contributed by atoms with Gasteiger partial charge in [0.05, 0.1) is 15.6 Å². The Kier molecular flexibility index (Phi) is 4.88. The molecule has 21 heavy (non-hydrogen) atoms. The first kappa shape index (κ1) is 15.8. The second-order valence-corrected chi connectivity index (χ2v) is 6.78. The number of hydrogen-bond donors (Lipinski definition) is 2. The molecule has 0 aliphatic heterocycles. The first-order chi connectivity index (χ1) is 9.94. The average Bonchev–Trinajstić information content (AvgIpc) is 2.43. The summed E-state index contributed by atoms with van der Waals surface area (Å²) in [5.41, 5.74) is 2.02. The van der Waals surface area contributed by atoms with Crippen LogP contribution in [0.25, 0.3) is 0 Å². The number of hydrogen-bond acceptors (Lipinski definition) is 3. The van der Waals surface area contributed by atoms with Crippen LogP contribution in [0.2, 0.25) is 5.02 Å². The summed E-state index contributed by atoms with van der Waals surface area (Å²) >= 11 is 6.05. The minimum Gasteiger partial charge on any atom is -0.316 e. The Hall–Kier alpha value is -1.56. The number of benzene rings is 2. The molecule has 0 aromatic heterocycles. The molecule has 0 atom stereocenters. The highest BCUT2D eigenvalue weighted by molar-refractivity contribution is 7.92. The smallest absolute Gasteiger partial charge is 0.262 e. The maximum absolute atomic E-state index is 12.6. The van der Waals surface area contributed by atoms with Gasteiger partial charge in [0.15, 0.2) is 0 Å². The summed E-state index contributed by atoms with van der Waals surface area (Å²) in [6.07, 6.45) is 0. The van der Waals surface area contributed by atoms with Crippen LogP contribution in [-0.4, -0.2) is 15.5 Å². The first-order valence-corrected chi connectivity index (χ1v) is 8.31. The summed E-state index contributed by atoms with van der Waals surface area (Å²) in [6, 6.07) is 12.1. The Morgan fingerprint density at radius 2 is 1.86 bits per heavy atom. The van der Waals surface area contributed by atoms with Gasteiger partial charge in [-0.05, 0) is 43.3 Å². The van der Waals surface area contributed by atoms with Crippen LogP contribution < -0.4 is 10.0 Å². The van der Waals surface area contributed by atoms with E-state index in [1.165, 1.54) is 0 Å². The lowest BCUT2D eigenvalue weighted by molar-refractivity contribution is 0.599. The van der Waals surface area contributed by atoms with Crippen LogP contribution >= 0.6 is 11.6 Å². The number of nitrogens with one attached hydrogen (secondary N) is 2. The highest BCUT2D eigenvalue weighted by Gasteiger charge is 2.19. The van der Waals surface area contributed by atoms with Crippen LogP contribution in [0.1, 0.15) is 11.1 Å². The Labute approximate surface area is 130 Å². The monoisotopic (exact) mass is 324 g/mol. The highest BCUT2D eigenvalue weighted by atomic mass is 35.5. The van der Waals surface area contributed by atoms with Gasteiger partial charge in [-0.1, -0.05) is 35.9 Å². The van der Waals surface area contributed by atoms with E-state index in [-0.39, 0.29) is 4.90 Å². The van der Waals surface area contributed by atoms with Gasteiger partial charge in [-0.15, -0.1) is 0 Å². The molecule has 0 spiro atoms. The Bertz CT molecular complexity index is 745. The first-order valence-electron chi connectivity index (χ1n) is 6.45. The molecule has 2 aromatic rings. The molecule has 6 heteroatoms. The zero-order valence-electron chi connectivity index (χ0n) is 11.9. The molecule has 0 amide bonds. The van der Waals surface area contributed by atoms with Gasteiger partial charge in [0.25, 0.3) is 10.0 Å². The molecule has 0 saturated heterocycles. The summed E-state index contributed by atoms with van der Waals surface area (Å²) < 4.78 is 27.7. The lowest BCUT2D eigenvalue weighted by Gasteiger charge is -2.13. The van der Waals surface area contributed by atoms with E-state index in [2.05, 4.69) is 10.0 Å². The molecular weight excluding hydrogens is 308 g/mol. The SMILES string of the molecule is CNCc1ccccc1S(=O)(=O)Nc1cc(C)ccc1Cl. The zero-order chi connectivity index (χ0) is 15.5. The summed E-state index contributed by atoms with van der Waals surface area (Å²) in [7, 11) is -1.91. The van der Waals surface area contributed by atoms with Crippen LogP contribution in [0.3, 0.4) is 0 Å². The standard InChI is InChI=1S/C15H17ClN2O2S/c1-11-7-8-13(16)14(9-11)18-21(19,20)15-6-4-3-5-12(15)10-17-2/h3-9,17-18H,10H2,1-2H3. The van der Waals surface area contributed by atoms with Gasteiger partial charge in [-0.2, -0.15) is 0 Å². The maximum Gasteiger partial charge on any atom is 0.262 e. The van der Waals surface area contributed by atoms with Gasteiger partial charge >= 0.3 is 0 Å². The van der Waals surface area contributed by atoms with Crippen molar-refractivity contribution in [1.29, 1.82) is 0 Å². The molecule has 4 nitrogen and oxygen atoms in total. The summed E-state index contributed by atoms with van der Waals surface area (Å²) in [6.45, 7) is 2.35. The molecule has 0 bridgehead atoms. The van der Waals surface area contributed by atoms with Crippen molar-refractivity contribution >= 4 is 27.3 Å². The molecule has 2 rings (SSSR count). The fourth-order valence-electron chi connectivity index (χ4n) is 2.02. The van der Waals surface area contributed by atoms with E-state index in [1.807, 2.05) is 19.1 Å². The average molecular weight is 325 g/mol. The molecule has 112 valence electrons. The van der Waals surface area contributed by atoms with Crippen molar-refractivity contribution in [2.75, 3.05) is 11.8 Å². The van der Waals surface area contributed by atoms with Crippen molar-refractivity contribution in [3.05, 3.63) is 58.6 Å². The van der Waals surface area contributed by atoms with Crippen molar-refractivity contribution in [3.8, 4) is 0 Å². The van der Waals surface area contributed by atoms with Crippen LogP contribution in [0.5, 0.6) is 0 Å². The Balaban J connectivity index is 2.41. The van der Waals surface area contributed by atoms with Crippen LogP contribution in [0, 0.1) is 6.92 Å². The van der Waals surface area contributed by atoms with Crippen molar-refractivity contribution in [2.24, 2.45) is 0 Å². The molecule has 0 unspecified atom stereocenters. The van der Waals surface area contributed by atoms with Gasteiger partial charge in [-0.3, -0.25) is 4.72 Å². The van der Waals surface area contributed by atoms with Gasteiger partial charge in [-0.25, -0.2) is 8.42 Å². The van der Waals surface area contributed by atoms with Crippen molar-refractivity contribution in [2.45, 2.75) is 18.4 Å². The predicted molar refractivity (Wildman–Crippen MR) is 86.2 cm³/mol. The van der Waals surface area contributed by atoms with E-state index < -0.39 is 10.0 Å². The second-order valence-electron chi connectivity index (χ2n) is 4.73. The van der Waals surface area contributed by atoms with E-state index >= 15 is 0 Å². The summed E-state index contributed by atoms with van der Waals surface area (Å²) in [5, 5.41) is 3.33. The third kappa shape index (κ3) is 3.75. The van der Waals surface area contributed by atoms with E-state index in [0.29, 0.717) is 22.8 Å². The molecule has 2 N–H and O–H groups in total.